The largest absolute Gasteiger partial charge is 0.475 e. The van der Waals surface area contributed by atoms with Gasteiger partial charge in [0.25, 0.3) is 0 Å². The van der Waals surface area contributed by atoms with Crippen LogP contribution in [0.5, 0.6) is 0 Å². The Hall–Kier alpha value is -1.84. The summed E-state index contributed by atoms with van der Waals surface area (Å²) in [5.74, 6) is -0.959. The van der Waals surface area contributed by atoms with Crippen LogP contribution in [0.2, 0.25) is 0 Å². The Labute approximate surface area is 93.5 Å². The van der Waals surface area contributed by atoms with Crippen molar-refractivity contribution >= 4 is 11.5 Å². The number of aromatic nitrogens is 2. The minimum absolute atomic E-state index is 0.0510. The van der Waals surface area contributed by atoms with Gasteiger partial charge >= 0.3 is 5.97 Å². The second-order valence-corrected chi connectivity index (χ2v) is 4.85. The highest BCUT2D eigenvalue weighted by Crippen LogP contribution is 2.23. The normalized spacial score (nSPS) is 11.9. The molecular formula is C12H14N2O2. The summed E-state index contributed by atoms with van der Waals surface area (Å²) in [5.41, 5.74) is 2.02. The smallest absolute Gasteiger partial charge is 0.372 e. The lowest BCUT2D eigenvalue weighted by atomic mass is 9.88. The Balaban J connectivity index is 2.62. The van der Waals surface area contributed by atoms with Gasteiger partial charge in [0.15, 0.2) is 0 Å². The van der Waals surface area contributed by atoms with Crippen LogP contribution in [0.15, 0.2) is 24.5 Å². The van der Waals surface area contributed by atoms with Gasteiger partial charge in [0.2, 0.25) is 5.82 Å². The van der Waals surface area contributed by atoms with E-state index in [2.05, 4.69) is 25.8 Å². The van der Waals surface area contributed by atoms with Crippen molar-refractivity contribution in [3.63, 3.8) is 0 Å². The number of pyridine rings is 1. The number of carboxylic acids is 1. The molecule has 2 aromatic heterocycles. The Bertz CT molecular complexity index is 550. The molecule has 0 aromatic carbocycles. The summed E-state index contributed by atoms with van der Waals surface area (Å²) >= 11 is 0. The van der Waals surface area contributed by atoms with E-state index >= 15 is 0 Å². The molecule has 1 N–H and O–H groups in total. The summed E-state index contributed by atoms with van der Waals surface area (Å²) in [5, 5.41) is 8.92. The van der Waals surface area contributed by atoms with Crippen LogP contribution in [0.1, 0.15) is 37.0 Å². The Morgan fingerprint density at radius 1 is 1.44 bits per heavy atom. The number of hydrogen-bond acceptors (Lipinski definition) is 2. The van der Waals surface area contributed by atoms with Crippen LogP contribution in [0, 0.1) is 0 Å². The molecule has 0 aliphatic rings. The number of imidazole rings is 1. The number of rotatable bonds is 1. The van der Waals surface area contributed by atoms with Gasteiger partial charge in [-0.05, 0) is 23.1 Å². The topological polar surface area (TPSA) is 54.6 Å². The van der Waals surface area contributed by atoms with Gasteiger partial charge in [-0.2, -0.15) is 0 Å². The molecule has 2 heterocycles. The van der Waals surface area contributed by atoms with Crippen LogP contribution in [0.25, 0.3) is 5.52 Å². The van der Waals surface area contributed by atoms with Gasteiger partial charge < -0.3 is 5.11 Å². The molecule has 0 atom stereocenters. The molecule has 2 aromatic rings. The van der Waals surface area contributed by atoms with Gasteiger partial charge in [-0.25, -0.2) is 9.78 Å². The lowest BCUT2D eigenvalue weighted by Gasteiger charge is -2.18. The minimum atomic E-state index is -1.01. The molecule has 0 fully saturated rings. The zero-order valence-electron chi connectivity index (χ0n) is 9.56. The molecule has 16 heavy (non-hydrogen) atoms. The van der Waals surface area contributed by atoms with E-state index in [1.54, 1.807) is 16.8 Å². The predicted molar refractivity (Wildman–Crippen MR) is 60.9 cm³/mol. The van der Waals surface area contributed by atoms with Crippen LogP contribution in [-0.2, 0) is 5.41 Å². The number of carbonyl (C=O) groups is 1. The first-order chi connectivity index (χ1) is 7.39. The summed E-state index contributed by atoms with van der Waals surface area (Å²) in [6.45, 7) is 6.36. The highest BCUT2D eigenvalue weighted by molar-refractivity contribution is 5.85. The third-order valence-electron chi connectivity index (χ3n) is 2.59. The summed E-state index contributed by atoms with van der Waals surface area (Å²) in [7, 11) is 0. The molecule has 0 amide bonds. The number of carboxylic acid groups (broad SMARTS) is 1. The second-order valence-electron chi connectivity index (χ2n) is 4.85. The predicted octanol–water partition coefficient (Wildman–Crippen LogP) is 2.33. The number of hydrogen-bond donors (Lipinski definition) is 1. The monoisotopic (exact) mass is 218 g/mol. The summed E-state index contributed by atoms with van der Waals surface area (Å²) in [4.78, 5) is 14.8. The third kappa shape index (κ3) is 1.66. The Kier molecular flexibility index (Phi) is 2.22. The van der Waals surface area contributed by atoms with Gasteiger partial charge in [0, 0.05) is 6.20 Å². The third-order valence-corrected chi connectivity index (χ3v) is 2.59. The summed E-state index contributed by atoms with van der Waals surface area (Å²) < 4.78 is 1.58. The van der Waals surface area contributed by atoms with E-state index in [4.69, 9.17) is 5.11 Å². The maximum atomic E-state index is 10.9. The maximum Gasteiger partial charge on any atom is 0.372 e. The van der Waals surface area contributed by atoms with Crippen LogP contribution >= 0.6 is 0 Å². The van der Waals surface area contributed by atoms with Crippen molar-refractivity contribution < 1.29 is 9.90 Å². The number of fused-ring (bicyclic) bond motifs is 1. The lowest BCUT2D eigenvalue weighted by molar-refractivity contribution is 0.0683. The van der Waals surface area contributed by atoms with Crippen molar-refractivity contribution in [3.8, 4) is 0 Å². The van der Waals surface area contributed by atoms with E-state index in [0.29, 0.717) is 0 Å². The highest BCUT2D eigenvalue weighted by Gasteiger charge is 2.16. The van der Waals surface area contributed by atoms with E-state index in [0.717, 1.165) is 11.1 Å². The van der Waals surface area contributed by atoms with Crippen molar-refractivity contribution in [2.75, 3.05) is 0 Å². The van der Waals surface area contributed by atoms with Crippen LogP contribution in [0.3, 0.4) is 0 Å². The van der Waals surface area contributed by atoms with Crippen molar-refractivity contribution in [2.24, 2.45) is 0 Å². The van der Waals surface area contributed by atoms with Crippen molar-refractivity contribution in [1.82, 2.24) is 9.38 Å². The first kappa shape index (κ1) is 10.7. The van der Waals surface area contributed by atoms with Gasteiger partial charge in [-0.1, -0.05) is 20.8 Å². The van der Waals surface area contributed by atoms with Crippen molar-refractivity contribution in [2.45, 2.75) is 26.2 Å². The van der Waals surface area contributed by atoms with Gasteiger partial charge in [-0.3, -0.25) is 4.40 Å². The first-order valence-electron chi connectivity index (χ1n) is 5.10. The van der Waals surface area contributed by atoms with E-state index < -0.39 is 5.97 Å². The fourth-order valence-electron chi connectivity index (χ4n) is 1.62. The average Bonchev–Trinajstić information content (AvgIpc) is 2.58. The molecule has 0 saturated heterocycles. The Morgan fingerprint density at radius 3 is 2.69 bits per heavy atom. The van der Waals surface area contributed by atoms with Crippen molar-refractivity contribution in [1.29, 1.82) is 0 Å². The highest BCUT2D eigenvalue weighted by atomic mass is 16.4. The second kappa shape index (κ2) is 3.33. The minimum Gasteiger partial charge on any atom is -0.475 e. The molecule has 4 nitrogen and oxygen atoms in total. The van der Waals surface area contributed by atoms with Crippen LogP contribution < -0.4 is 0 Å². The molecule has 4 heteroatoms. The van der Waals surface area contributed by atoms with Gasteiger partial charge in [0.1, 0.15) is 0 Å². The Morgan fingerprint density at radius 2 is 2.12 bits per heavy atom. The van der Waals surface area contributed by atoms with E-state index in [1.165, 1.54) is 0 Å². The summed E-state index contributed by atoms with van der Waals surface area (Å²) in [6.07, 6.45) is 3.34. The van der Waals surface area contributed by atoms with E-state index in [-0.39, 0.29) is 11.2 Å². The molecule has 0 bridgehead atoms. The number of aromatic carboxylic acids is 1. The average molecular weight is 218 g/mol. The first-order valence-corrected chi connectivity index (χ1v) is 5.10. The van der Waals surface area contributed by atoms with Gasteiger partial charge in [0.05, 0.1) is 11.7 Å². The molecule has 0 spiro atoms. The fraction of sp³-hybridized carbons (Fsp3) is 0.333. The zero-order valence-corrected chi connectivity index (χ0v) is 9.56. The molecule has 0 saturated carbocycles. The van der Waals surface area contributed by atoms with Crippen LogP contribution in [0.4, 0.5) is 0 Å². The molecule has 2 rings (SSSR count). The number of nitrogens with zero attached hydrogens (tertiary/aromatic N) is 2. The zero-order chi connectivity index (χ0) is 11.9. The molecule has 0 aliphatic carbocycles. The van der Waals surface area contributed by atoms with Crippen molar-refractivity contribution in [3.05, 3.63) is 35.9 Å². The van der Waals surface area contributed by atoms with Gasteiger partial charge in [-0.15, -0.1) is 0 Å². The maximum absolute atomic E-state index is 10.9. The quantitative estimate of drug-likeness (QED) is 0.799. The van der Waals surface area contributed by atoms with E-state index in [9.17, 15) is 4.79 Å². The molecular weight excluding hydrogens is 204 g/mol. The molecule has 0 radical (unpaired) electrons. The lowest BCUT2D eigenvalue weighted by Crippen LogP contribution is -2.11. The summed E-state index contributed by atoms with van der Waals surface area (Å²) in [6, 6.07) is 3.90. The molecule has 0 unspecified atom stereocenters. The molecule has 0 aliphatic heterocycles. The molecule has 84 valence electrons. The van der Waals surface area contributed by atoms with E-state index in [1.807, 2.05) is 12.1 Å². The SMILES string of the molecule is CC(C)(C)c1ccn2c(C(=O)O)ncc2c1. The fourth-order valence-corrected chi connectivity index (χ4v) is 1.62. The standard InChI is InChI=1S/C12H14N2O2/c1-12(2,3)8-4-5-14-9(6-8)7-13-10(14)11(15)16/h4-7H,1-3H3,(H,15,16). The van der Waals surface area contributed by atoms with Crippen LogP contribution in [-0.4, -0.2) is 20.5 Å².